The Labute approximate surface area is 162 Å². The zero-order valence-corrected chi connectivity index (χ0v) is 16.4. The molecule has 0 aliphatic carbocycles. The van der Waals surface area contributed by atoms with Crippen LogP contribution in [0.5, 0.6) is 0 Å². The number of halogens is 1. The zero-order valence-electron chi connectivity index (χ0n) is 16.4. The highest BCUT2D eigenvalue weighted by Gasteiger charge is 2.18. The summed E-state index contributed by atoms with van der Waals surface area (Å²) in [6.45, 7) is 6.04. The Morgan fingerprint density at radius 1 is 0.964 bits per heavy atom. The third kappa shape index (κ3) is 3.03. The molecule has 0 atom stereocenters. The van der Waals surface area contributed by atoms with Gasteiger partial charge in [0.05, 0.1) is 6.26 Å². The SMILES string of the molecule is CCCCCc1c(C)c2cc3c(-c4ccc(F)cc4)coc3c(C)c2oc1=O. The number of rotatable bonds is 5. The normalized spacial score (nSPS) is 11.6. The molecule has 2 aromatic carbocycles. The molecule has 2 heterocycles. The third-order valence-corrected chi connectivity index (χ3v) is 5.53. The van der Waals surface area contributed by atoms with Gasteiger partial charge < -0.3 is 8.83 Å². The number of furan rings is 1. The highest BCUT2D eigenvalue weighted by Crippen LogP contribution is 2.37. The minimum Gasteiger partial charge on any atom is -0.463 e. The van der Waals surface area contributed by atoms with E-state index >= 15 is 0 Å². The minimum atomic E-state index is -0.271. The maximum atomic E-state index is 13.3. The van der Waals surface area contributed by atoms with Gasteiger partial charge in [0.15, 0.2) is 0 Å². The molecule has 0 aliphatic rings. The van der Waals surface area contributed by atoms with Crippen LogP contribution in [-0.2, 0) is 6.42 Å². The highest BCUT2D eigenvalue weighted by molar-refractivity contribution is 6.04. The lowest BCUT2D eigenvalue weighted by atomic mass is 9.96. The summed E-state index contributed by atoms with van der Waals surface area (Å²) in [5, 5.41) is 1.87. The fourth-order valence-corrected chi connectivity index (χ4v) is 3.89. The summed E-state index contributed by atoms with van der Waals surface area (Å²) in [4.78, 5) is 12.6. The summed E-state index contributed by atoms with van der Waals surface area (Å²) >= 11 is 0. The summed E-state index contributed by atoms with van der Waals surface area (Å²) in [6.07, 6.45) is 5.57. The Kier molecular flexibility index (Phi) is 4.80. The largest absolute Gasteiger partial charge is 0.463 e. The van der Waals surface area contributed by atoms with Crippen LogP contribution in [0.1, 0.15) is 42.9 Å². The van der Waals surface area contributed by atoms with E-state index in [-0.39, 0.29) is 11.4 Å². The van der Waals surface area contributed by atoms with E-state index < -0.39 is 0 Å². The van der Waals surface area contributed by atoms with E-state index in [0.717, 1.165) is 64.3 Å². The molecule has 144 valence electrons. The predicted octanol–water partition coefficient (Wildman–Crippen LogP) is 6.69. The fraction of sp³-hybridized carbons (Fsp3) is 0.292. The van der Waals surface area contributed by atoms with Crippen molar-refractivity contribution >= 4 is 21.9 Å². The summed E-state index contributed by atoms with van der Waals surface area (Å²) in [5.74, 6) is -0.271. The van der Waals surface area contributed by atoms with Crippen LogP contribution in [0.15, 0.2) is 50.2 Å². The van der Waals surface area contributed by atoms with Crippen molar-refractivity contribution in [2.24, 2.45) is 0 Å². The average Bonchev–Trinajstić information content (AvgIpc) is 3.10. The first-order valence-corrected chi connectivity index (χ1v) is 9.74. The molecule has 4 aromatic rings. The number of hydrogen-bond donors (Lipinski definition) is 0. The first-order chi connectivity index (χ1) is 13.5. The molecule has 3 nitrogen and oxygen atoms in total. The van der Waals surface area contributed by atoms with Gasteiger partial charge in [-0.05, 0) is 56.0 Å². The molecule has 0 saturated heterocycles. The lowest BCUT2D eigenvalue weighted by Gasteiger charge is -2.10. The Bertz CT molecular complexity index is 1210. The topological polar surface area (TPSA) is 43.4 Å². The van der Waals surface area contributed by atoms with Crippen molar-refractivity contribution in [2.45, 2.75) is 46.5 Å². The van der Waals surface area contributed by atoms with Gasteiger partial charge in [0, 0.05) is 27.5 Å². The number of unbranched alkanes of at least 4 members (excludes halogenated alkanes) is 2. The molecule has 0 bridgehead atoms. The molecule has 28 heavy (non-hydrogen) atoms. The van der Waals surface area contributed by atoms with Crippen LogP contribution >= 0.6 is 0 Å². The molecule has 0 spiro atoms. The first kappa shape index (κ1) is 18.5. The second kappa shape index (κ2) is 7.27. The fourth-order valence-electron chi connectivity index (χ4n) is 3.89. The molecule has 0 aliphatic heterocycles. The monoisotopic (exact) mass is 378 g/mol. The molecular formula is C24H23FO3. The van der Waals surface area contributed by atoms with Gasteiger partial charge in [-0.2, -0.15) is 0 Å². The minimum absolute atomic E-state index is 0.256. The molecule has 4 heteroatoms. The van der Waals surface area contributed by atoms with E-state index in [1.54, 1.807) is 18.4 Å². The van der Waals surface area contributed by atoms with Crippen molar-refractivity contribution in [3.8, 4) is 11.1 Å². The Morgan fingerprint density at radius 3 is 2.43 bits per heavy atom. The van der Waals surface area contributed by atoms with Gasteiger partial charge in [-0.15, -0.1) is 0 Å². The second-order valence-electron chi connectivity index (χ2n) is 7.36. The molecule has 0 fully saturated rings. The lowest BCUT2D eigenvalue weighted by molar-refractivity contribution is 0.540. The second-order valence-corrected chi connectivity index (χ2v) is 7.36. The van der Waals surface area contributed by atoms with Crippen LogP contribution in [0, 0.1) is 19.7 Å². The van der Waals surface area contributed by atoms with E-state index in [2.05, 4.69) is 6.92 Å². The average molecular weight is 378 g/mol. The standard InChI is InChI=1S/C24H23FO3/c1-4-5-6-7-18-14(2)19-12-20-21(16-8-10-17(25)11-9-16)13-27-22(20)15(3)23(19)28-24(18)26/h8-13H,4-7H2,1-3H3. The van der Waals surface area contributed by atoms with Crippen LogP contribution in [0.2, 0.25) is 0 Å². The first-order valence-electron chi connectivity index (χ1n) is 9.74. The van der Waals surface area contributed by atoms with E-state index in [9.17, 15) is 9.18 Å². The molecule has 0 saturated carbocycles. The summed E-state index contributed by atoms with van der Waals surface area (Å²) in [5.41, 5.74) is 5.33. The smallest absolute Gasteiger partial charge is 0.339 e. The molecule has 0 unspecified atom stereocenters. The van der Waals surface area contributed by atoms with Crippen molar-refractivity contribution in [2.75, 3.05) is 0 Å². The Morgan fingerprint density at radius 2 is 1.71 bits per heavy atom. The van der Waals surface area contributed by atoms with Crippen molar-refractivity contribution in [1.29, 1.82) is 0 Å². The van der Waals surface area contributed by atoms with Crippen molar-refractivity contribution in [3.05, 3.63) is 69.5 Å². The van der Waals surface area contributed by atoms with Crippen molar-refractivity contribution in [1.82, 2.24) is 0 Å². The highest BCUT2D eigenvalue weighted by atomic mass is 19.1. The lowest BCUT2D eigenvalue weighted by Crippen LogP contribution is -2.10. The molecule has 0 radical (unpaired) electrons. The molecule has 2 aromatic heterocycles. The number of fused-ring (bicyclic) bond motifs is 2. The summed E-state index contributed by atoms with van der Waals surface area (Å²) < 4.78 is 24.8. The molecule has 0 amide bonds. The van der Waals surface area contributed by atoms with E-state index in [0.29, 0.717) is 11.2 Å². The zero-order chi connectivity index (χ0) is 19.8. The van der Waals surface area contributed by atoms with Gasteiger partial charge in [-0.3, -0.25) is 0 Å². The maximum Gasteiger partial charge on any atom is 0.339 e. The molecule has 4 rings (SSSR count). The number of aryl methyl sites for hydroxylation is 2. The Balaban J connectivity index is 1.94. The maximum absolute atomic E-state index is 13.3. The quantitative estimate of drug-likeness (QED) is 0.287. The van der Waals surface area contributed by atoms with E-state index in [1.807, 2.05) is 19.9 Å². The molecule has 0 N–H and O–H groups in total. The van der Waals surface area contributed by atoms with Gasteiger partial charge in [0.2, 0.25) is 0 Å². The predicted molar refractivity (Wildman–Crippen MR) is 110 cm³/mol. The van der Waals surface area contributed by atoms with Gasteiger partial charge in [-0.1, -0.05) is 31.9 Å². The van der Waals surface area contributed by atoms with E-state index in [1.165, 1.54) is 12.1 Å². The van der Waals surface area contributed by atoms with Crippen molar-refractivity contribution in [3.63, 3.8) is 0 Å². The third-order valence-electron chi connectivity index (χ3n) is 5.53. The van der Waals surface area contributed by atoms with E-state index in [4.69, 9.17) is 8.83 Å². The summed E-state index contributed by atoms with van der Waals surface area (Å²) in [6, 6.07) is 8.40. The van der Waals surface area contributed by atoms with Crippen LogP contribution in [-0.4, -0.2) is 0 Å². The van der Waals surface area contributed by atoms with Gasteiger partial charge in [-0.25, -0.2) is 9.18 Å². The van der Waals surface area contributed by atoms with Crippen molar-refractivity contribution < 1.29 is 13.2 Å². The van der Waals surface area contributed by atoms with Crippen LogP contribution < -0.4 is 5.63 Å². The van der Waals surface area contributed by atoms with Crippen LogP contribution in [0.3, 0.4) is 0 Å². The number of benzene rings is 2. The van der Waals surface area contributed by atoms with Gasteiger partial charge in [0.1, 0.15) is 17.0 Å². The van der Waals surface area contributed by atoms with Gasteiger partial charge >= 0.3 is 5.63 Å². The number of hydrogen-bond acceptors (Lipinski definition) is 3. The summed E-state index contributed by atoms with van der Waals surface area (Å²) in [7, 11) is 0. The van der Waals surface area contributed by atoms with Gasteiger partial charge in [0.25, 0.3) is 0 Å². The van der Waals surface area contributed by atoms with Crippen LogP contribution in [0.25, 0.3) is 33.1 Å². The van der Waals surface area contributed by atoms with Crippen LogP contribution in [0.4, 0.5) is 4.39 Å². The Hall–Kier alpha value is -2.88. The molecular weight excluding hydrogens is 355 g/mol.